The Morgan fingerprint density at radius 3 is 2.47 bits per heavy atom. The van der Waals surface area contributed by atoms with Crippen molar-refractivity contribution >= 4 is 11.6 Å². The molecule has 2 atom stereocenters. The molecule has 0 bridgehead atoms. The number of rotatable bonds is 4. The molecule has 0 fully saturated rings. The molecule has 0 saturated heterocycles. The molecule has 0 radical (unpaired) electrons. The molecule has 1 aromatic rings. The van der Waals surface area contributed by atoms with Crippen molar-refractivity contribution in [3.8, 4) is 5.75 Å². The fraction of sp³-hybridized carbons (Fsp3) is 0.455. The third kappa shape index (κ3) is 2.84. The van der Waals surface area contributed by atoms with Crippen LogP contribution in [0.2, 0.25) is 5.02 Å². The van der Waals surface area contributed by atoms with Gasteiger partial charge in [-0.3, -0.25) is 0 Å². The van der Waals surface area contributed by atoms with Gasteiger partial charge in [0.25, 0.3) is 0 Å². The summed E-state index contributed by atoms with van der Waals surface area (Å²) in [7, 11) is 3.17. The van der Waals surface area contributed by atoms with Gasteiger partial charge in [0, 0.05) is 24.8 Å². The van der Waals surface area contributed by atoms with Crippen LogP contribution in [0.25, 0.3) is 0 Å². The quantitative estimate of drug-likeness (QED) is 0.865. The first kappa shape index (κ1) is 12.3. The maximum absolute atomic E-state index is 9.69. The van der Waals surface area contributed by atoms with Gasteiger partial charge in [-0.2, -0.15) is 0 Å². The van der Waals surface area contributed by atoms with Gasteiger partial charge in [0.05, 0.1) is 6.10 Å². The molecule has 0 unspecified atom stereocenters. The van der Waals surface area contributed by atoms with Crippen LogP contribution in [0.1, 0.15) is 18.6 Å². The molecular weight excluding hydrogens is 216 g/mol. The molecule has 4 heteroatoms. The van der Waals surface area contributed by atoms with Gasteiger partial charge in [0.15, 0.2) is 0 Å². The van der Waals surface area contributed by atoms with E-state index < -0.39 is 0 Å². The van der Waals surface area contributed by atoms with Crippen molar-refractivity contribution in [3.05, 3.63) is 28.8 Å². The number of hydrogen-bond acceptors (Lipinski definition) is 3. The van der Waals surface area contributed by atoms with E-state index in [2.05, 4.69) is 0 Å². The Balaban J connectivity index is 3.05. The highest BCUT2D eigenvalue weighted by molar-refractivity contribution is 6.30. The standard InChI is InChI=1S/C11H15ClO3/c1-7(14-2)11(15-3)9-6-8(12)4-5-10(9)13/h4-7,11,13H,1-3H3/t7-,11+/m0/s1. The highest BCUT2D eigenvalue weighted by Gasteiger charge is 2.21. The van der Waals surface area contributed by atoms with Crippen molar-refractivity contribution in [1.29, 1.82) is 0 Å². The minimum atomic E-state index is -0.325. The predicted molar refractivity (Wildman–Crippen MR) is 59.3 cm³/mol. The Kier molecular flexibility index (Phi) is 4.39. The zero-order valence-corrected chi connectivity index (χ0v) is 9.78. The Morgan fingerprint density at radius 2 is 1.93 bits per heavy atom. The van der Waals surface area contributed by atoms with Gasteiger partial charge in [-0.15, -0.1) is 0 Å². The number of aromatic hydroxyl groups is 1. The number of ether oxygens (including phenoxy) is 2. The second-order valence-corrected chi connectivity index (χ2v) is 3.74. The first-order valence-electron chi connectivity index (χ1n) is 4.64. The third-order valence-corrected chi connectivity index (χ3v) is 2.58. The monoisotopic (exact) mass is 230 g/mol. The predicted octanol–water partition coefficient (Wildman–Crippen LogP) is 2.77. The van der Waals surface area contributed by atoms with E-state index in [1.807, 2.05) is 6.92 Å². The minimum Gasteiger partial charge on any atom is -0.508 e. The molecule has 0 aromatic heterocycles. The number of halogens is 1. The highest BCUT2D eigenvalue weighted by atomic mass is 35.5. The van der Waals surface area contributed by atoms with E-state index in [0.29, 0.717) is 10.6 Å². The van der Waals surface area contributed by atoms with Crippen molar-refractivity contribution in [1.82, 2.24) is 0 Å². The largest absolute Gasteiger partial charge is 0.508 e. The number of phenolic OH excluding ortho intramolecular Hbond substituents is 1. The summed E-state index contributed by atoms with van der Waals surface area (Å²) in [5.41, 5.74) is 0.638. The van der Waals surface area contributed by atoms with E-state index in [-0.39, 0.29) is 18.0 Å². The lowest BCUT2D eigenvalue weighted by Crippen LogP contribution is -2.19. The molecule has 15 heavy (non-hydrogen) atoms. The Morgan fingerprint density at radius 1 is 1.27 bits per heavy atom. The van der Waals surface area contributed by atoms with Crippen molar-refractivity contribution in [3.63, 3.8) is 0 Å². The summed E-state index contributed by atoms with van der Waals surface area (Å²) >= 11 is 5.86. The fourth-order valence-electron chi connectivity index (χ4n) is 1.45. The first-order valence-corrected chi connectivity index (χ1v) is 5.02. The normalized spacial score (nSPS) is 14.9. The van der Waals surface area contributed by atoms with Gasteiger partial charge >= 0.3 is 0 Å². The summed E-state index contributed by atoms with van der Waals surface area (Å²) in [5.74, 6) is 0.162. The molecule has 0 aliphatic heterocycles. The molecule has 1 N–H and O–H groups in total. The van der Waals surface area contributed by atoms with Crippen LogP contribution in [0, 0.1) is 0 Å². The molecule has 1 aromatic carbocycles. The summed E-state index contributed by atoms with van der Waals surface area (Å²) < 4.78 is 10.5. The zero-order valence-electron chi connectivity index (χ0n) is 9.03. The maximum atomic E-state index is 9.69. The van der Waals surface area contributed by atoms with Crippen LogP contribution in [0.3, 0.4) is 0 Å². The van der Waals surface area contributed by atoms with Crippen molar-refractivity contribution in [2.24, 2.45) is 0 Å². The van der Waals surface area contributed by atoms with Gasteiger partial charge in [-0.05, 0) is 25.1 Å². The van der Waals surface area contributed by atoms with Crippen LogP contribution in [-0.4, -0.2) is 25.4 Å². The lowest BCUT2D eigenvalue weighted by Gasteiger charge is -2.22. The van der Waals surface area contributed by atoms with Gasteiger partial charge in [-0.25, -0.2) is 0 Å². The second-order valence-electron chi connectivity index (χ2n) is 3.30. The summed E-state index contributed by atoms with van der Waals surface area (Å²) in [4.78, 5) is 0. The van der Waals surface area contributed by atoms with Crippen LogP contribution in [0.5, 0.6) is 5.75 Å². The van der Waals surface area contributed by atoms with Crippen LogP contribution in [-0.2, 0) is 9.47 Å². The first-order chi connectivity index (χ1) is 7.10. The molecule has 0 aliphatic rings. The van der Waals surface area contributed by atoms with E-state index in [1.54, 1.807) is 32.4 Å². The van der Waals surface area contributed by atoms with Gasteiger partial charge < -0.3 is 14.6 Å². The van der Waals surface area contributed by atoms with Gasteiger partial charge in [0.2, 0.25) is 0 Å². The fourth-order valence-corrected chi connectivity index (χ4v) is 1.63. The highest BCUT2D eigenvalue weighted by Crippen LogP contribution is 2.32. The smallest absolute Gasteiger partial charge is 0.121 e. The lowest BCUT2D eigenvalue weighted by molar-refractivity contribution is -0.0287. The van der Waals surface area contributed by atoms with Crippen LogP contribution < -0.4 is 0 Å². The minimum absolute atomic E-state index is 0.153. The molecule has 0 spiro atoms. The Bertz CT molecular complexity index is 328. The van der Waals surface area contributed by atoms with Gasteiger partial charge in [-0.1, -0.05) is 11.6 Å². The van der Waals surface area contributed by atoms with E-state index in [4.69, 9.17) is 21.1 Å². The van der Waals surface area contributed by atoms with Crippen LogP contribution in [0.15, 0.2) is 18.2 Å². The molecule has 0 heterocycles. The molecule has 3 nitrogen and oxygen atoms in total. The Hall–Kier alpha value is -0.770. The van der Waals surface area contributed by atoms with Crippen LogP contribution in [0.4, 0.5) is 0 Å². The molecule has 0 amide bonds. The summed E-state index contributed by atoms with van der Waals surface area (Å²) in [6.45, 7) is 1.87. The van der Waals surface area contributed by atoms with Crippen molar-refractivity contribution in [2.75, 3.05) is 14.2 Å². The third-order valence-electron chi connectivity index (χ3n) is 2.35. The summed E-state index contributed by atoms with van der Waals surface area (Å²) in [6, 6.07) is 4.86. The van der Waals surface area contributed by atoms with Crippen molar-refractivity contribution < 1.29 is 14.6 Å². The van der Waals surface area contributed by atoms with E-state index in [1.165, 1.54) is 0 Å². The summed E-state index contributed by atoms with van der Waals surface area (Å²) in [6.07, 6.45) is -0.479. The topological polar surface area (TPSA) is 38.7 Å². The lowest BCUT2D eigenvalue weighted by atomic mass is 10.0. The average molecular weight is 231 g/mol. The molecule has 84 valence electrons. The average Bonchev–Trinajstić information content (AvgIpc) is 2.23. The second kappa shape index (κ2) is 5.35. The molecule has 1 rings (SSSR count). The van der Waals surface area contributed by atoms with E-state index in [9.17, 15) is 5.11 Å². The number of benzene rings is 1. The number of hydrogen-bond donors (Lipinski definition) is 1. The van der Waals surface area contributed by atoms with Crippen molar-refractivity contribution in [2.45, 2.75) is 19.1 Å². The SMILES string of the molecule is CO[C@@H](C)[C@@H](OC)c1cc(Cl)ccc1O. The van der Waals surface area contributed by atoms with Crippen LogP contribution >= 0.6 is 11.6 Å². The summed E-state index contributed by atoms with van der Waals surface area (Å²) in [5, 5.41) is 10.2. The van der Waals surface area contributed by atoms with Gasteiger partial charge in [0.1, 0.15) is 11.9 Å². The van der Waals surface area contributed by atoms with E-state index >= 15 is 0 Å². The number of phenols is 1. The molecule has 0 saturated carbocycles. The maximum Gasteiger partial charge on any atom is 0.121 e. The van der Waals surface area contributed by atoms with E-state index in [0.717, 1.165) is 0 Å². The number of methoxy groups -OCH3 is 2. The zero-order chi connectivity index (χ0) is 11.4. The molecular formula is C11H15ClO3. The Labute approximate surface area is 94.6 Å². The molecule has 0 aliphatic carbocycles.